The number of nitrogens with one attached hydrogen (secondary N) is 1. The summed E-state index contributed by atoms with van der Waals surface area (Å²) in [5, 5.41) is 3.16. The number of hydrogen-bond donors (Lipinski definition) is 1. The first kappa shape index (κ1) is 17.2. The van der Waals surface area contributed by atoms with E-state index in [1.165, 1.54) is 50.9 Å². The number of rotatable bonds is 6. The van der Waals surface area contributed by atoms with Gasteiger partial charge in [-0.25, -0.2) is 4.39 Å². The summed E-state index contributed by atoms with van der Waals surface area (Å²) in [4.78, 5) is 15.4. The molecule has 26 heavy (non-hydrogen) atoms. The Morgan fingerprint density at radius 3 is 2.42 bits per heavy atom. The van der Waals surface area contributed by atoms with Crippen molar-refractivity contribution in [1.82, 2.24) is 10.2 Å². The van der Waals surface area contributed by atoms with Crippen molar-refractivity contribution in [3.8, 4) is 11.1 Å². The van der Waals surface area contributed by atoms with E-state index < -0.39 is 0 Å². The Morgan fingerprint density at radius 1 is 1.04 bits per heavy atom. The van der Waals surface area contributed by atoms with Crippen LogP contribution in [0.15, 0.2) is 48.5 Å². The van der Waals surface area contributed by atoms with Crippen molar-refractivity contribution in [3.05, 3.63) is 59.9 Å². The van der Waals surface area contributed by atoms with Crippen LogP contribution in [0, 0.1) is 11.2 Å². The van der Waals surface area contributed by atoms with Crippen LogP contribution in [0.3, 0.4) is 0 Å². The molecule has 0 radical (unpaired) electrons. The predicted molar refractivity (Wildman–Crippen MR) is 102 cm³/mol. The van der Waals surface area contributed by atoms with E-state index in [1.807, 2.05) is 24.3 Å². The zero-order chi connectivity index (χ0) is 18.0. The van der Waals surface area contributed by atoms with Crippen molar-refractivity contribution in [2.24, 2.45) is 5.41 Å². The number of carbonyl (C=O) groups is 1. The summed E-state index contributed by atoms with van der Waals surface area (Å²) in [5.41, 5.74) is 2.62. The van der Waals surface area contributed by atoms with Crippen LogP contribution in [0.4, 0.5) is 4.39 Å². The molecule has 3 nitrogen and oxygen atoms in total. The molecule has 2 fully saturated rings. The molecule has 1 saturated carbocycles. The van der Waals surface area contributed by atoms with Crippen LogP contribution >= 0.6 is 0 Å². The van der Waals surface area contributed by atoms with Gasteiger partial charge < -0.3 is 10.2 Å². The zero-order valence-electron chi connectivity index (χ0n) is 15.0. The van der Waals surface area contributed by atoms with Crippen LogP contribution in [-0.4, -0.2) is 37.0 Å². The summed E-state index contributed by atoms with van der Waals surface area (Å²) in [6, 6.07) is 13.8. The standard InChI is InChI=1S/C22H25FN2O/c23-18-9-7-17(8-10-18)19-5-1-2-6-20(19)21(26)24-15-22(11-12-22)16-25-13-3-4-14-25/h1-2,5-10H,3-4,11-16H2,(H,24,26). The van der Waals surface area contributed by atoms with E-state index in [2.05, 4.69) is 10.2 Å². The SMILES string of the molecule is O=C(NCC1(CN2CCCC2)CC1)c1ccccc1-c1ccc(F)cc1. The summed E-state index contributed by atoms with van der Waals surface area (Å²) < 4.78 is 13.2. The first-order valence-corrected chi connectivity index (χ1v) is 9.51. The van der Waals surface area contributed by atoms with E-state index in [0.717, 1.165) is 24.2 Å². The van der Waals surface area contributed by atoms with Crippen LogP contribution in [0.5, 0.6) is 0 Å². The molecule has 1 saturated heterocycles. The highest BCUT2D eigenvalue weighted by atomic mass is 19.1. The lowest BCUT2D eigenvalue weighted by molar-refractivity contribution is 0.0941. The smallest absolute Gasteiger partial charge is 0.251 e. The molecule has 1 N–H and O–H groups in total. The highest BCUT2D eigenvalue weighted by molar-refractivity contribution is 6.00. The minimum atomic E-state index is -0.270. The minimum Gasteiger partial charge on any atom is -0.351 e. The maximum Gasteiger partial charge on any atom is 0.251 e. The van der Waals surface area contributed by atoms with Gasteiger partial charge in [0.2, 0.25) is 0 Å². The lowest BCUT2D eigenvalue weighted by Gasteiger charge is -2.23. The Balaban J connectivity index is 1.44. The molecule has 2 aromatic rings. The molecule has 1 heterocycles. The van der Waals surface area contributed by atoms with Gasteiger partial charge in [0.05, 0.1) is 0 Å². The van der Waals surface area contributed by atoms with Crippen LogP contribution in [-0.2, 0) is 0 Å². The van der Waals surface area contributed by atoms with Crippen molar-refractivity contribution in [2.75, 3.05) is 26.2 Å². The van der Waals surface area contributed by atoms with Gasteiger partial charge >= 0.3 is 0 Å². The van der Waals surface area contributed by atoms with Gasteiger partial charge in [0, 0.05) is 24.1 Å². The minimum absolute atomic E-state index is 0.0439. The molecule has 0 bridgehead atoms. The van der Waals surface area contributed by atoms with Gasteiger partial charge in [-0.15, -0.1) is 0 Å². The van der Waals surface area contributed by atoms with E-state index in [-0.39, 0.29) is 17.1 Å². The fourth-order valence-corrected chi connectivity index (χ4v) is 3.91. The molecule has 2 aromatic carbocycles. The van der Waals surface area contributed by atoms with E-state index in [4.69, 9.17) is 0 Å². The molecular formula is C22H25FN2O. The zero-order valence-corrected chi connectivity index (χ0v) is 15.0. The Kier molecular flexibility index (Phi) is 4.77. The van der Waals surface area contributed by atoms with Crippen LogP contribution in [0.25, 0.3) is 11.1 Å². The van der Waals surface area contributed by atoms with Crippen LogP contribution in [0.1, 0.15) is 36.0 Å². The molecule has 1 amide bonds. The number of benzene rings is 2. The third-order valence-corrected chi connectivity index (χ3v) is 5.67. The average Bonchev–Trinajstić information content (AvgIpc) is 3.23. The molecule has 0 atom stereocenters. The van der Waals surface area contributed by atoms with E-state index in [1.54, 1.807) is 12.1 Å². The first-order valence-electron chi connectivity index (χ1n) is 9.51. The molecule has 4 heteroatoms. The van der Waals surface area contributed by atoms with Gasteiger partial charge in [0.15, 0.2) is 0 Å². The fraction of sp³-hybridized carbons (Fsp3) is 0.409. The van der Waals surface area contributed by atoms with Gasteiger partial charge in [0.1, 0.15) is 5.82 Å². The van der Waals surface area contributed by atoms with Crippen molar-refractivity contribution >= 4 is 5.91 Å². The summed E-state index contributed by atoms with van der Waals surface area (Å²) in [5.74, 6) is -0.314. The van der Waals surface area contributed by atoms with Crippen molar-refractivity contribution < 1.29 is 9.18 Å². The number of halogens is 1. The van der Waals surface area contributed by atoms with E-state index in [0.29, 0.717) is 5.56 Å². The lowest BCUT2D eigenvalue weighted by atomic mass is 9.98. The molecule has 0 spiro atoms. The Labute approximate surface area is 154 Å². The third-order valence-electron chi connectivity index (χ3n) is 5.67. The monoisotopic (exact) mass is 352 g/mol. The number of amides is 1. The van der Waals surface area contributed by atoms with Gasteiger partial charge in [-0.3, -0.25) is 4.79 Å². The quantitative estimate of drug-likeness (QED) is 0.849. The summed E-state index contributed by atoms with van der Waals surface area (Å²) in [7, 11) is 0. The number of hydrogen-bond acceptors (Lipinski definition) is 2. The molecule has 1 aliphatic heterocycles. The van der Waals surface area contributed by atoms with E-state index >= 15 is 0 Å². The lowest BCUT2D eigenvalue weighted by Crippen LogP contribution is -2.37. The van der Waals surface area contributed by atoms with Gasteiger partial charge in [-0.1, -0.05) is 30.3 Å². The second kappa shape index (κ2) is 7.20. The third kappa shape index (κ3) is 3.80. The van der Waals surface area contributed by atoms with Crippen molar-refractivity contribution in [3.63, 3.8) is 0 Å². The number of likely N-dealkylation sites (tertiary alicyclic amines) is 1. The normalized spacial score (nSPS) is 18.7. The number of carbonyl (C=O) groups excluding carboxylic acids is 1. The largest absolute Gasteiger partial charge is 0.351 e. The highest BCUT2D eigenvalue weighted by Crippen LogP contribution is 2.46. The van der Waals surface area contributed by atoms with E-state index in [9.17, 15) is 9.18 Å². The molecule has 1 aliphatic carbocycles. The highest BCUT2D eigenvalue weighted by Gasteiger charge is 2.44. The molecule has 2 aliphatic rings. The summed E-state index contributed by atoms with van der Waals surface area (Å²) >= 11 is 0. The fourth-order valence-electron chi connectivity index (χ4n) is 3.91. The molecule has 4 rings (SSSR count). The van der Waals surface area contributed by atoms with Gasteiger partial charge in [0.25, 0.3) is 5.91 Å². The first-order chi connectivity index (χ1) is 12.7. The maximum atomic E-state index is 13.2. The molecule has 0 aromatic heterocycles. The average molecular weight is 352 g/mol. The molecule has 0 unspecified atom stereocenters. The Morgan fingerprint density at radius 2 is 1.73 bits per heavy atom. The molecular weight excluding hydrogens is 327 g/mol. The van der Waals surface area contributed by atoms with Gasteiger partial charge in [-0.05, 0) is 68.1 Å². The Hall–Kier alpha value is -2.20. The topological polar surface area (TPSA) is 32.3 Å². The predicted octanol–water partition coefficient (Wildman–Crippen LogP) is 4.10. The van der Waals surface area contributed by atoms with Crippen LogP contribution in [0.2, 0.25) is 0 Å². The van der Waals surface area contributed by atoms with Gasteiger partial charge in [-0.2, -0.15) is 0 Å². The van der Waals surface area contributed by atoms with Crippen molar-refractivity contribution in [2.45, 2.75) is 25.7 Å². The molecule has 136 valence electrons. The maximum absolute atomic E-state index is 13.2. The van der Waals surface area contributed by atoms with Crippen molar-refractivity contribution in [1.29, 1.82) is 0 Å². The summed E-state index contributed by atoms with van der Waals surface area (Å²) in [6.45, 7) is 4.24. The number of nitrogens with zero attached hydrogens (tertiary/aromatic N) is 1. The Bertz CT molecular complexity index is 777. The van der Waals surface area contributed by atoms with Crippen LogP contribution < -0.4 is 5.32 Å². The second-order valence-electron chi connectivity index (χ2n) is 7.72. The summed E-state index contributed by atoms with van der Waals surface area (Å²) in [6.07, 6.45) is 4.99. The second-order valence-corrected chi connectivity index (χ2v) is 7.72.